The molecule has 310 valence electrons. The van der Waals surface area contributed by atoms with Crippen molar-refractivity contribution in [3.8, 4) is 5.75 Å². The van der Waals surface area contributed by atoms with Crippen molar-refractivity contribution in [1.29, 1.82) is 0 Å². The van der Waals surface area contributed by atoms with E-state index in [0.29, 0.717) is 41.4 Å². The first kappa shape index (κ1) is 41.5. The van der Waals surface area contributed by atoms with E-state index in [1.54, 1.807) is 12.1 Å². The summed E-state index contributed by atoms with van der Waals surface area (Å²) in [5, 5.41) is 3.24. The van der Waals surface area contributed by atoms with Crippen molar-refractivity contribution in [1.82, 2.24) is 5.32 Å². The Kier molecular flexibility index (Phi) is 11.5. The predicted molar refractivity (Wildman–Crippen MR) is 210 cm³/mol. The fourth-order valence-electron chi connectivity index (χ4n) is 11.9. The minimum Gasteiger partial charge on any atom is -0.496 e. The fourth-order valence-corrected chi connectivity index (χ4v) is 11.9. The summed E-state index contributed by atoms with van der Waals surface area (Å²) in [6.07, 6.45) is 14.0. The second kappa shape index (κ2) is 15.5. The number of carbonyl (C=O) groups is 3. The van der Waals surface area contributed by atoms with Crippen LogP contribution in [-0.4, -0.2) is 74.0 Å². The number of benzene rings is 1. The van der Waals surface area contributed by atoms with Gasteiger partial charge in [-0.3, -0.25) is 9.59 Å². The van der Waals surface area contributed by atoms with Gasteiger partial charge >= 0.3 is 19.1 Å². The number of ether oxygens (including phenoxy) is 5. The average Bonchev–Trinajstić information content (AvgIpc) is 3.66. The molecule has 10 atom stereocenters. The summed E-state index contributed by atoms with van der Waals surface area (Å²) in [5.74, 6) is -0.565. The Hall–Kier alpha value is -2.67. The SMILES string of the molecule is C1CCCCC1.COc1c(CC(NC(=O)CCC2(C)OC3CC4CC(C4(C)C)C3(C)O2)B2OC3CC4CC(C4(C)C)C3(C)O2)cccc1C(=O)OCOC(C)=O. The summed E-state index contributed by atoms with van der Waals surface area (Å²) in [5.41, 5.74) is 0.401. The van der Waals surface area contributed by atoms with E-state index < -0.39 is 43.2 Å². The number of rotatable bonds is 11. The molecule has 0 radical (unpaired) electrons. The van der Waals surface area contributed by atoms with Gasteiger partial charge in [0.25, 0.3) is 0 Å². The summed E-state index contributed by atoms with van der Waals surface area (Å²) in [7, 11) is 0.771. The molecule has 56 heavy (non-hydrogen) atoms. The highest BCUT2D eigenvalue weighted by Gasteiger charge is 2.70. The number of carbonyl (C=O) groups excluding carboxylic acids is 3. The molecule has 1 aromatic rings. The molecule has 1 N–H and O–H groups in total. The second-order valence-electron chi connectivity index (χ2n) is 19.6. The molecule has 9 aliphatic rings. The van der Waals surface area contributed by atoms with Crippen LogP contribution in [-0.2, 0) is 44.3 Å². The number of hydrogen-bond donors (Lipinski definition) is 1. The molecule has 10 rings (SSSR count). The van der Waals surface area contributed by atoms with Crippen LogP contribution < -0.4 is 10.1 Å². The standard InChI is InChI=1S/C38H54BNO10.C6H12/c1-21(41)45-20-46-33(43)25-12-10-11-22(32(25)44-9)15-30(39-48-29-19-24-17-27(35(24,4)5)38(29,8)50-39)40-31(42)13-14-36(6)47-28-18-23-16-26(34(23,2)3)37(28,7)49-36;1-2-4-6-5-3-1/h10-12,23-24,26-30H,13-20H2,1-9H3,(H,40,42);1-6H2. The Bertz CT molecular complexity index is 1640. The van der Waals surface area contributed by atoms with Crippen LogP contribution in [0.15, 0.2) is 18.2 Å². The molecule has 10 unspecified atom stereocenters. The van der Waals surface area contributed by atoms with E-state index in [9.17, 15) is 14.4 Å². The van der Waals surface area contributed by atoms with E-state index in [1.807, 2.05) is 13.0 Å². The second-order valence-corrected chi connectivity index (χ2v) is 19.6. The zero-order valence-electron chi connectivity index (χ0n) is 35.3. The van der Waals surface area contributed by atoms with E-state index in [4.69, 9.17) is 33.0 Å². The van der Waals surface area contributed by atoms with Crippen LogP contribution >= 0.6 is 0 Å². The van der Waals surface area contributed by atoms with Crippen LogP contribution in [0.5, 0.6) is 5.75 Å². The van der Waals surface area contributed by atoms with Gasteiger partial charge in [0.05, 0.1) is 36.5 Å². The van der Waals surface area contributed by atoms with Gasteiger partial charge in [-0.25, -0.2) is 4.79 Å². The molecule has 2 aliphatic heterocycles. The van der Waals surface area contributed by atoms with Crippen molar-refractivity contribution in [2.24, 2.45) is 34.5 Å². The molecule has 4 bridgehead atoms. The van der Waals surface area contributed by atoms with Gasteiger partial charge in [-0.2, -0.15) is 0 Å². The van der Waals surface area contributed by atoms with Gasteiger partial charge in [0.1, 0.15) is 11.3 Å². The Balaban J connectivity index is 0.000000733. The van der Waals surface area contributed by atoms with Gasteiger partial charge in [-0.05, 0) is 99.0 Å². The van der Waals surface area contributed by atoms with Crippen LogP contribution in [0.1, 0.15) is 148 Å². The molecular weight excluding hydrogens is 713 g/mol. The van der Waals surface area contributed by atoms with E-state index in [-0.39, 0.29) is 53.0 Å². The van der Waals surface area contributed by atoms with E-state index in [0.717, 1.165) is 25.7 Å². The lowest BCUT2D eigenvalue weighted by Gasteiger charge is -2.64. The van der Waals surface area contributed by atoms with E-state index in [2.05, 4.69) is 46.9 Å². The first-order valence-electron chi connectivity index (χ1n) is 21.4. The largest absolute Gasteiger partial charge is 0.496 e. The van der Waals surface area contributed by atoms with Gasteiger partial charge < -0.3 is 38.3 Å². The Morgan fingerprint density at radius 1 is 0.839 bits per heavy atom. The maximum absolute atomic E-state index is 13.9. The zero-order valence-corrected chi connectivity index (χ0v) is 35.3. The van der Waals surface area contributed by atoms with E-state index >= 15 is 0 Å². The number of hydrogen-bond acceptors (Lipinski definition) is 10. The van der Waals surface area contributed by atoms with Crippen molar-refractivity contribution >= 4 is 25.0 Å². The minimum atomic E-state index is -0.862. The summed E-state index contributed by atoms with van der Waals surface area (Å²) in [6.45, 7) is 16.3. The van der Waals surface area contributed by atoms with Crippen molar-refractivity contribution in [3.05, 3.63) is 29.3 Å². The van der Waals surface area contributed by atoms with Crippen LogP contribution in [0, 0.1) is 34.5 Å². The lowest BCUT2D eigenvalue weighted by Crippen LogP contribution is -2.65. The highest BCUT2D eigenvalue weighted by molar-refractivity contribution is 6.48. The van der Waals surface area contributed by atoms with Gasteiger partial charge in [-0.1, -0.05) is 78.4 Å². The average molecular weight is 780 g/mol. The van der Waals surface area contributed by atoms with Crippen LogP contribution in [0.2, 0.25) is 0 Å². The monoisotopic (exact) mass is 779 g/mol. The third kappa shape index (κ3) is 7.54. The molecule has 2 saturated heterocycles. The molecule has 7 saturated carbocycles. The number of esters is 2. The summed E-state index contributed by atoms with van der Waals surface area (Å²) in [4.78, 5) is 38.0. The smallest absolute Gasteiger partial charge is 0.482 e. The summed E-state index contributed by atoms with van der Waals surface area (Å²) < 4.78 is 42.5. The number of amides is 1. The van der Waals surface area contributed by atoms with Crippen LogP contribution in [0.25, 0.3) is 0 Å². The highest BCUT2D eigenvalue weighted by atomic mass is 16.8. The zero-order chi connectivity index (χ0) is 40.3. The maximum Gasteiger partial charge on any atom is 0.482 e. The minimum absolute atomic E-state index is 0.0282. The lowest BCUT2D eigenvalue weighted by molar-refractivity contribution is -0.226. The molecule has 1 amide bonds. The predicted octanol–water partition coefficient (Wildman–Crippen LogP) is 7.74. The van der Waals surface area contributed by atoms with Crippen LogP contribution in [0.4, 0.5) is 0 Å². The van der Waals surface area contributed by atoms with Gasteiger partial charge in [0.2, 0.25) is 12.7 Å². The van der Waals surface area contributed by atoms with Crippen molar-refractivity contribution in [2.45, 2.75) is 174 Å². The van der Waals surface area contributed by atoms with Gasteiger partial charge in [-0.15, -0.1) is 0 Å². The molecule has 12 heteroatoms. The maximum atomic E-state index is 13.9. The first-order chi connectivity index (χ1) is 26.4. The topological polar surface area (TPSA) is 128 Å². The molecular formula is C44H66BNO10. The van der Waals surface area contributed by atoms with Crippen molar-refractivity contribution < 1.29 is 47.4 Å². The summed E-state index contributed by atoms with van der Waals surface area (Å²) >= 11 is 0. The van der Waals surface area contributed by atoms with Crippen LogP contribution in [0.3, 0.4) is 0 Å². The molecule has 11 nitrogen and oxygen atoms in total. The van der Waals surface area contributed by atoms with Gasteiger partial charge in [0.15, 0.2) is 5.79 Å². The number of para-hydroxylation sites is 1. The molecule has 2 heterocycles. The number of methoxy groups -OCH3 is 1. The van der Waals surface area contributed by atoms with E-state index in [1.165, 1.54) is 52.6 Å². The molecule has 1 aromatic carbocycles. The quantitative estimate of drug-likeness (QED) is 0.135. The fraction of sp³-hybridized carbons (Fsp3) is 0.795. The molecule has 0 spiro atoms. The molecule has 9 fully saturated rings. The van der Waals surface area contributed by atoms with Gasteiger partial charge in [0, 0.05) is 19.8 Å². The Morgan fingerprint density at radius 2 is 1.45 bits per heavy atom. The van der Waals surface area contributed by atoms with Crippen molar-refractivity contribution in [3.63, 3.8) is 0 Å². The third-order valence-electron chi connectivity index (χ3n) is 15.5. The third-order valence-corrected chi connectivity index (χ3v) is 15.5. The normalized spacial score (nSPS) is 37.3. The molecule has 7 aliphatic carbocycles. The number of nitrogens with one attached hydrogen (secondary N) is 1. The Morgan fingerprint density at radius 3 is 2.04 bits per heavy atom. The first-order valence-corrected chi connectivity index (χ1v) is 21.4. The lowest BCUT2D eigenvalue weighted by atomic mass is 9.43. The molecule has 0 aromatic heterocycles. The Labute approximate surface area is 334 Å². The van der Waals surface area contributed by atoms with Crippen molar-refractivity contribution in [2.75, 3.05) is 13.9 Å². The highest BCUT2D eigenvalue weighted by Crippen LogP contribution is 2.68. The summed E-state index contributed by atoms with van der Waals surface area (Å²) in [6, 6.07) is 5.17.